The Morgan fingerprint density at radius 2 is 2.06 bits per heavy atom. The lowest BCUT2D eigenvalue weighted by Crippen LogP contribution is -2.22. The van der Waals surface area contributed by atoms with Gasteiger partial charge in [-0.15, -0.1) is 11.3 Å². The van der Waals surface area contributed by atoms with Crippen molar-refractivity contribution in [1.82, 2.24) is 5.32 Å². The van der Waals surface area contributed by atoms with Crippen LogP contribution in [0.4, 0.5) is 4.39 Å². The first-order valence-electron chi connectivity index (χ1n) is 6.14. The standard InChI is InChI=1S/C15H18FNS/c1-10(2)17-9-12-8-13(16)4-5-14(12)15-11(3)6-7-18-15/h4-8,10,17H,9H2,1-3H3. The molecule has 96 valence electrons. The highest BCUT2D eigenvalue weighted by Gasteiger charge is 2.10. The van der Waals surface area contributed by atoms with Crippen LogP contribution >= 0.6 is 11.3 Å². The molecule has 0 unspecified atom stereocenters. The minimum Gasteiger partial charge on any atom is -0.310 e. The Hall–Kier alpha value is -1.19. The molecule has 1 aromatic carbocycles. The van der Waals surface area contributed by atoms with E-state index in [-0.39, 0.29) is 5.82 Å². The fraction of sp³-hybridized carbons (Fsp3) is 0.333. The lowest BCUT2D eigenvalue weighted by molar-refractivity contribution is 0.582. The SMILES string of the molecule is Cc1ccsc1-c1ccc(F)cc1CNC(C)C. The third-order valence-corrected chi connectivity index (χ3v) is 3.92. The predicted molar refractivity (Wildman–Crippen MR) is 76.4 cm³/mol. The first-order valence-corrected chi connectivity index (χ1v) is 7.02. The Kier molecular flexibility index (Phi) is 4.15. The van der Waals surface area contributed by atoms with Crippen LogP contribution in [-0.4, -0.2) is 6.04 Å². The van der Waals surface area contributed by atoms with Gasteiger partial charge in [0.05, 0.1) is 0 Å². The van der Waals surface area contributed by atoms with Crippen LogP contribution in [0.15, 0.2) is 29.6 Å². The molecule has 1 N–H and O–H groups in total. The molecule has 1 nitrogen and oxygen atoms in total. The molecule has 3 heteroatoms. The summed E-state index contributed by atoms with van der Waals surface area (Å²) in [5, 5.41) is 5.43. The van der Waals surface area contributed by atoms with Gasteiger partial charge in [0.25, 0.3) is 0 Å². The molecule has 0 aliphatic heterocycles. The Morgan fingerprint density at radius 3 is 2.67 bits per heavy atom. The molecule has 0 aliphatic rings. The van der Waals surface area contributed by atoms with Gasteiger partial charge in [-0.2, -0.15) is 0 Å². The van der Waals surface area contributed by atoms with Gasteiger partial charge in [-0.05, 0) is 47.2 Å². The lowest BCUT2D eigenvalue weighted by Gasteiger charge is -2.12. The maximum atomic E-state index is 13.4. The van der Waals surface area contributed by atoms with E-state index in [4.69, 9.17) is 0 Å². The van der Waals surface area contributed by atoms with Crippen molar-refractivity contribution in [2.75, 3.05) is 0 Å². The highest BCUT2D eigenvalue weighted by molar-refractivity contribution is 7.13. The molecule has 0 aliphatic carbocycles. The normalized spacial score (nSPS) is 11.2. The Labute approximate surface area is 112 Å². The highest BCUT2D eigenvalue weighted by Crippen LogP contribution is 2.32. The van der Waals surface area contributed by atoms with Crippen molar-refractivity contribution >= 4 is 11.3 Å². The second-order valence-corrected chi connectivity index (χ2v) is 5.69. The minimum atomic E-state index is -0.173. The summed E-state index contributed by atoms with van der Waals surface area (Å²) in [4.78, 5) is 1.23. The summed E-state index contributed by atoms with van der Waals surface area (Å²) in [5.41, 5.74) is 3.41. The van der Waals surface area contributed by atoms with Gasteiger partial charge in [0.1, 0.15) is 5.82 Å². The van der Waals surface area contributed by atoms with E-state index in [2.05, 4.69) is 37.5 Å². The fourth-order valence-electron chi connectivity index (χ4n) is 1.89. The van der Waals surface area contributed by atoms with E-state index in [1.54, 1.807) is 17.4 Å². The van der Waals surface area contributed by atoms with Crippen molar-refractivity contribution in [2.24, 2.45) is 0 Å². The molecule has 0 saturated heterocycles. The van der Waals surface area contributed by atoms with Gasteiger partial charge in [0.2, 0.25) is 0 Å². The topological polar surface area (TPSA) is 12.0 Å². The van der Waals surface area contributed by atoms with E-state index in [1.807, 2.05) is 6.07 Å². The largest absolute Gasteiger partial charge is 0.310 e. The molecular formula is C15H18FNS. The average Bonchev–Trinajstić information content (AvgIpc) is 2.73. The summed E-state index contributed by atoms with van der Waals surface area (Å²) < 4.78 is 13.4. The molecule has 2 aromatic rings. The van der Waals surface area contributed by atoms with Crippen LogP contribution in [-0.2, 0) is 6.54 Å². The van der Waals surface area contributed by atoms with E-state index in [9.17, 15) is 4.39 Å². The second-order valence-electron chi connectivity index (χ2n) is 4.77. The van der Waals surface area contributed by atoms with Crippen molar-refractivity contribution in [2.45, 2.75) is 33.4 Å². The van der Waals surface area contributed by atoms with E-state index in [0.29, 0.717) is 12.6 Å². The summed E-state index contributed by atoms with van der Waals surface area (Å²) in [6.07, 6.45) is 0. The number of hydrogen-bond acceptors (Lipinski definition) is 2. The highest BCUT2D eigenvalue weighted by atomic mass is 32.1. The average molecular weight is 263 g/mol. The number of aryl methyl sites for hydroxylation is 1. The van der Waals surface area contributed by atoms with Crippen molar-refractivity contribution in [3.8, 4) is 10.4 Å². The van der Waals surface area contributed by atoms with E-state index < -0.39 is 0 Å². The molecule has 2 rings (SSSR count). The van der Waals surface area contributed by atoms with Crippen LogP contribution in [0.2, 0.25) is 0 Å². The number of thiophene rings is 1. The van der Waals surface area contributed by atoms with Crippen molar-refractivity contribution in [3.05, 3.63) is 46.6 Å². The number of benzene rings is 1. The Balaban J connectivity index is 2.37. The quantitative estimate of drug-likeness (QED) is 0.864. The third kappa shape index (κ3) is 2.98. The van der Waals surface area contributed by atoms with Crippen LogP contribution in [0.5, 0.6) is 0 Å². The maximum absolute atomic E-state index is 13.4. The van der Waals surface area contributed by atoms with Crippen LogP contribution < -0.4 is 5.32 Å². The van der Waals surface area contributed by atoms with Gasteiger partial charge in [-0.1, -0.05) is 19.9 Å². The zero-order chi connectivity index (χ0) is 13.1. The summed E-state index contributed by atoms with van der Waals surface area (Å²) in [7, 11) is 0. The molecule has 1 aromatic heterocycles. The van der Waals surface area contributed by atoms with Crippen LogP contribution in [0.25, 0.3) is 10.4 Å². The second kappa shape index (κ2) is 5.63. The van der Waals surface area contributed by atoms with Crippen LogP contribution in [0, 0.1) is 12.7 Å². The maximum Gasteiger partial charge on any atom is 0.123 e. The number of halogens is 1. The molecule has 0 saturated carbocycles. The fourth-order valence-corrected chi connectivity index (χ4v) is 2.88. The van der Waals surface area contributed by atoms with Crippen LogP contribution in [0.1, 0.15) is 25.0 Å². The molecule has 0 atom stereocenters. The van der Waals surface area contributed by atoms with Gasteiger partial charge in [-0.3, -0.25) is 0 Å². The molecule has 0 spiro atoms. The van der Waals surface area contributed by atoms with Crippen molar-refractivity contribution in [1.29, 1.82) is 0 Å². The first-order chi connectivity index (χ1) is 8.58. The van der Waals surface area contributed by atoms with E-state index >= 15 is 0 Å². The van der Waals surface area contributed by atoms with Gasteiger partial charge in [0, 0.05) is 17.5 Å². The molecule has 0 amide bonds. The number of nitrogens with one attached hydrogen (secondary N) is 1. The van der Waals surface area contributed by atoms with E-state index in [1.165, 1.54) is 16.5 Å². The number of rotatable bonds is 4. The third-order valence-electron chi connectivity index (χ3n) is 2.87. The van der Waals surface area contributed by atoms with Gasteiger partial charge in [-0.25, -0.2) is 4.39 Å². The summed E-state index contributed by atoms with van der Waals surface area (Å²) in [5.74, 6) is -0.173. The van der Waals surface area contributed by atoms with E-state index in [0.717, 1.165) is 11.1 Å². The monoisotopic (exact) mass is 263 g/mol. The number of hydrogen-bond donors (Lipinski definition) is 1. The molecule has 0 radical (unpaired) electrons. The zero-order valence-corrected chi connectivity index (χ0v) is 11.8. The zero-order valence-electron chi connectivity index (χ0n) is 11.0. The molecule has 0 bridgehead atoms. The van der Waals surface area contributed by atoms with Crippen LogP contribution in [0.3, 0.4) is 0 Å². The summed E-state index contributed by atoms with van der Waals surface area (Å²) >= 11 is 1.71. The molecular weight excluding hydrogens is 245 g/mol. The Morgan fingerprint density at radius 1 is 1.28 bits per heavy atom. The first kappa shape index (κ1) is 13.2. The summed E-state index contributed by atoms with van der Waals surface area (Å²) in [6.45, 7) is 6.97. The van der Waals surface area contributed by atoms with Crippen molar-refractivity contribution < 1.29 is 4.39 Å². The molecule has 1 heterocycles. The smallest absolute Gasteiger partial charge is 0.123 e. The molecule has 0 fully saturated rings. The minimum absolute atomic E-state index is 0.173. The van der Waals surface area contributed by atoms with Crippen molar-refractivity contribution in [3.63, 3.8) is 0 Å². The predicted octanol–water partition coefficient (Wildman–Crippen LogP) is 4.36. The summed E-state index contributed by atoms with van der Waals surface area (Å²) in [6, 6.07) is 7.54. The lowest BCUT2D eigenvalue weighted by atomic mass is 10.0. The Bertz CT molecular complexity index is 531. The van der Waals surface area contributed by atoms with Gasteiger partial charge < -0.3 is 5.32 Å². The molecule has 18 heavy (non-hydrogen) atoms. The van der Waals surface area contributed by atoms with Gasteiger partial charge >= 0.3 is 0 Å². The van der Waals surface area contributed by atoms with Gasteiger partial charge in [0.15, 0.2) is 0 Å².